The number of nitrogens with two attached hydrogens (primary N) is 1. The molecule has 9 nitrogen and oxygen atoms in total. The maximum Gasteiger partial charge on any atom is 0.337 e. The van der Waals surface area contributed by atoms with Gasteiger partial charge in [-0.3, -0.25) is 0 Å². The van der Waals surface area contributed by atoms with Gasteiger partial charge in [-0.2, -0.15) is 0 Å². The molecule has 0 aromatic carbocycles. The second kappa shape index (κ2) is 5.82. The molecule has 0 saturated heterocycles. The minimum absolute atomic E-state index is 0.0319. The Morgan fingerprint density at radius 2 is 2.28 bits per heavy atom. The Kier molecular flexibility index (Phi) is 4.44. The molecule has 0 saturated carbocycles. The highest BCUT2D eigenvalue weighted by atomic mass is 16.4. The Labute approximate surface area is 101 Å². The van der Waals surface area contributed by atoms with Gasteiger partial charge < -0.3 is 21.1 Å². The molecule has 0 amide bonds. The second-order valence-electron chi connectivity index (χ2n) is 3.43. The van der Waals surface area contributed by atoms with Gasteiger partial charge in [0, 0.05) is 16.7 Å². The molecule has 1 aromatic rings. The number of azide groups is 1. The fourth-order valence-electron chi connectivity index (χ4n) is 1.27. The quantitative estimate of drug-likeness (QED) is 0.329. The highest BCUT2D eigenvalue weighted by molar-refractivity contribution is 5.87. The average molecular weight is 253 g/mol. The van der Waals surface area contributed by atoms with Crippen molar-refractivity contribution < 1.29 is 20.1 Å². The van der Waals surface area contributed by atoms with Crippen LogP contribution in [0.1, 0.15) is 22.0 Å². The number of pyridine rings is 1. The summed E-state index contributed by atoms with van der Waals surface area (Å²) < 4.78 is 0. The first kappa shape index (κ1) is 13.7. The van der Waals surface area contributed by atoms with Crippen LogP contribution in [0.4, 0.5) is 5.82 Å². The number of carboxylic acid groups (broad SMARTS) is 1. The number of rotatable bonds is 5. The Bertz CT molecular complexity index is 500. The molecule has 9 heteroatoms. The standard InChI is InChI=1S/C9H11N5O4/c10-8-5(1-4(2-12-8)9(17)18)7(16)6(15)3-13-14-11/h1-2,6-7,15-16H,3H2,(H2,10,12)(H,17,18). The normalized spacial score (nSPS) is 13.4. The van der Waals surface area contributed by atoms with Crippen LogP contribution in [0.25, 0.3) is 10.4 Å². The van der Waals surface area contributed by atoms with Crippen LogP contribution >= 0.6 is 0 Å². The van der Waals surface area contributed by atoms with Gasteiger partial charge in [-0.25, -0.2) is 9.78 Å². The van der Waals surface area contributed by atoms with Gasteiger partial charge in [-0.05, 0) is 11.6 Å². The smallest absolute Gasteiger partial charge is 0.337 e. The van der Waals surface area contributed by atoms with Crippen LogP contribution in [-0.2, 0) is 0 Å². The van der Waals surface area contributed by atoms with Crippen molar-refractivity contribution in [3.63, 3.8) is 0 Å². The summed E-state index contributed by atoms with van der Waals surface area (Å²) in [6.45, 7) is -0.367. The number of hydrogen-bond acceptors (Lipinski definition) is 6. The lowest BCUT2D eigenvalue weighted by Crippen LogP contribution is -2.23. The Morgan fingerprint density at radius 1 is 1.61 bits per heavy atom. The molecular weight excluding hydrogens is 242 g/mol. The van der Waals surface area contributed by atoms with Crippen molar-refractivity contribution in [1.82, 2.24) is 4.98 Å². The molecule has 0 bridgehead atoms. The Morgan fingerprint density at radius 3 is 2.83 bits per heavy atom. The highest BCUT2D eigenvalue weighted by Gasteiger charge is 2.22. The minimum Gasteiger partial charge on any atom is -0.478 e. The van der Waals surface area contributed by atoms with Gasteiger partial charge in [-0.1, -0.05) is 5.11 Å². The van der Waals surface area contributed by atoms with E-state index in [-0.39, 0.29) is 23.5 Å². The molecule has 0 radical (unpaired) electrons. The molecule has 5 N–H and O–H groups in total. The van der Waals surface area contributed by atoms with Gasteiger partial charge in [0.1, 0.15) is 11.9 Å². The van der Waals surface area contributed by atoms with Crippen molar-refractivity contribution >= 4 is 11.8 Å². The fraction of sp³-hybridized carbons (Fsp3) is 0.333. The van der Waals surface area contributed by atoms with Crippen LogP contribution in [0.3, 0.4) is 0 Å². The van der Waals surface area contributed by atoms with Crippen LogP contribution < -0.4 is 5.73 Å². The van der Waals surface area contributed by atoms with E-state index in [1.807, 2.05) is 0 Å². The first-order valence-corrected chi connectivity index (χ1v) is 4.83. The molecule has 18 heavy (non-hydrogen) atoms. The van der Waals surface area contributed by atoms with Crippen molar-refractivity contribution in [3.8, 4) is 0 Å². The van der Waals surface area contributed by atoms with Crippen molar-refractivity contribution in [2.45, 2.75) is 12.2 Å². The number of anilines is 1. The topological polar surface area (TPSA) is 165 Å². The predicted octanol–water partition coefficient (Wildman–Crippen LogP) is 0.0666. The summed E-state index contributed by atoms with van der Waals surface area (Å²) in [6, 6.07) is 1.11. The van der Waals surface area contributed by atoms with E-state index in [0.29, 0.717) is 0 Å². The van der Waals surface area contributed by atoms with Crippen LogP contribution in [0.5, 0.6) is 0 Å². The van der Waals surface area contributed by atoms with Gasteiger partial charge in [-0.15, -0.1) is 0 Å². The summed E-state index contributed by atoms with van der Waals surface area (Å²) in [5, 5.41) is 31.1. The zero-order chi connectivity index (χ0) is 13.7. The third kappa shape index (κ3) is 3.08. The van der Waals surface area contributed by atoms with Crippen LogP contribution in [-0.4, -0.2) is 38.9 Å². The van der Waals surface area contributed by atoms with Gasteiger partial charge in [0.15, 0.2) is 0 Å². The molecule has 2 atom stereocenters. The molecule has 1 heterocycles. The van der Waals surface area contributed by atoms with Gasteiger partial charge in [0.25, 0.3) is 0 Å². The molecule has 0 aliphatic rings. The number of aliphatic hydroxyl groups excluding tert-OH is 2. The van der Waals surface area contributed by atoms with Gasteiger partial charge in [0.2, 0.25) is 0 Å². The number of aromatic nitrogens is 1. The molecule has 1 aromatic heterocycles. The van der Waals surface area contributed by atoms with Crippen LogP contribution in [0.2, 0.25) is 0 Å². The lowest BCUT2D eigenvalue weighted by Gasteiger charge is -2.17. The molecule has 0 aliphatic carbocycles. The van der Waals surface area contributed by atoms with Crippen molar-refractivity contribution in [3.05, 3.63) is 33.8 Å². The van der Waals surface area contributed by atoms with E-state index in [2.05, 4.69) is 15.0 Å². The number of nitrogen functional groups attached to an aromatic ring is 1. The van der Waals surface area contributed by atoms with E-state index in [0.717, 1.165) is 12.3 Å². The van der Waals surface area contributed by atoms with Gasteiger partial charge in [0.05, 0.1) is 18.2 Å². The largest absolute Gasteiger partial charge is 0.478 e. The lowest BCUT2D eigenvalue weighted by atomic mass is 10.0. The summed E-state index contributed by atoms with van der Waals surface area (Å²) in [6.07, 6.45) is -1.84. The van der Waals surface area contributed by atoms with E-state index >= 15 is 0 Å². The van der Waals surface area contributed by atoms with Crippen LogP contribution in [0.15, 0.2) is 17.4 Å². The molecule has 0 aliphatic heterocycles. The van der Waals surface area contributed by atoms with E-state index in [1.165, 1.54) is 0 Å². The molecular formula is C9H11N5O4. The summed E-state index contributed by atoms with van der Waals surface area (Å²) in [7, 11) is 0. The average Bonchev–Trinajstić information content (AvgIpc) is 2.35. The molecule has 0 fully saturated rings. The Balaban J connectivity index is 3.03. The predicted molar refractivity (Wildman–Crippen MR) is 60.6 cm³/mol. The number of aromatic carboxylic acids is 1. The number of hydrogen-bond donors (Lipinski definition) is 4. The van der Waals surface area contributed by atoms with Crippen molar-refractivity contribution in [1.29, 1.82) is 0 Å². The third-order valence-corrected chi connectivity index (χ3v) is 2.21. The summed E-state index contributed by atoms with van der Waals surface area (Å²) in [4.78, 5) is 16.8. The molecule has 2 unspecified atom stereocenters. The fourth-order valence-corrected chi connectivity index (χ4v) is 1.27. The number of aliphatic hydroxyl groups is 2. The summed E-state index contributed by atoms with van der Waals surface area (Å²) >= 11 is 0. The molecule has 1 rings (SSSR count). The number of carboxylic acids is 1. The summed E-state index contributed by atoms with van der Waals surface area (Å²) in [5.74, 6) is -1.34. The monoisotopic (exact) mass is 253 g/mol. The minimum atomic E-state index is -1.48. The van der Waals surface area contributed by atoms with Crippen molar-refractivity contribution in [2.24, 2.45) is 5.11 Å². The highest BCUT2D eigenvalue weighted by Crippen LogP contribution is 2.23. The zero-order valence-electron chi connectivity index (χ0n) is 9.13. The maximum atomic E-state index is 10.7. The third-order valence-electron chi connectivity index (χ3n) is 2.21. The SMILES string of the molecule is [N-]=[N+]=NCC(O)C(O)c1cc(C(=O)O)cnc1N. The van der Waals surface area contributed by atoms with Crippen LogP contribution in [0, 0.1) is 0 Å². The zero-order valence-corrected chi connectivity index (χ0v) is 9.13. The second-order valence-corrected chi connectivity index (χ2v) is 3.43. The van der Waals surface area contributed by atoms with Crippen molar-refractivity contribution in [2.75, 3.05) is 12.3 Å². The first-order valence-electron chi connectivity index (χ1n) is 4.83. The van der Waals surface area contributed by atoms with E-state index in [9.17, 15) is 15.0 Å². The van der Waals surface area contributed by atoms with E-state index in [4.69, 9.17) is 16.4 Å². The van der Waals surface area contributed by atoms with E-state index in [1.54, 1.807) is 0 Å². The maximum absolute atomic E-state index is 10.7. The van der Waals surface area contributed by atoms with E-state index < -0.39 is 18.2 Å². The first-order chi connectivity index (χ1) is 8.47. The van der Waals surface area contributed by atoms with Gasteiger partial charge >= 0.3 is 5.97 Å². The summed E-state index contributed by atoms with van der Waals surface area (Å²) in [5.41, 5.74) is 13.4. The lowest BCUT2D eigenvalue weighted by molar-refractivity contribution is 0.0246. The Hall–Kier alpha value is -2.35. The molecule has 0 spiro atoms. The number of nitrogens with zero attached hydrogens (tertiary/aromatic N) is 4. The molecule has 96 valence electrons. The number of carbonyl (C=O) groups is 1.